The van der Waals surface area contributed by atoms with Crippen LogP contribution in [-0.2, 0) is 9.53 Å². The number of nitrogens with two attached hydrogens (primary N) is 1. The normalized spacial score (nSPS) is 16.1. The van der Waals surface area contributed by atoms with Gasteiger partial charge in [0.15, 0.2) is 11.6 Å². The highest BCUT2D eigenvalue weighted by molar-refractivity contribution is 6.32. The standard InChI is InChI=1S/C27H28Cl2N6O2/c1-3-37-27(36)18-5-4-10-35(14-18)26-24(31)25(32-15-33-26)34-23-12-22(29)20(11-16(23)2)21(13-30)17-6-8-19(28)9-7-17/h6-9,11-12,15,18,21H,3-5,10,14,31H2,1-2H3,(H,32,33,34). The smallest absolute Gasteiger partial charge is 0.310 e. The van der Waals surface area contributed by atoms with E-state index in [-0.39, 0.29) is 11.9 Å². The molecule has 192 valence electrons. The van der Waals surface area contributed by atoms with E-state index in [0.29, 0.717) is 51.8 Å². The topological polar surface area (TPSA) is 117 Å². The molecule has 2 atom stereocenters. The largest absolute Gasteiger partial charge is 0.466 e. The number of benzene rings is 2. The Labute approximate surface area is 226 Å². The molecule has 3 aromatic rings. The number of nitrogens with one attached hydrogen (secondary N) is 1. The Morgan fingerprint density at radius 1 is 1.30 bits per heavy atom. The van der Waals surface area contributed by atoms with Gasteiger partial charge in [-0.05, 0) is 61.6 Å². The van der Waals surface area contributed by atoms with Gasteiger partial charge in [-0.25, -0.2) is 9.97 Å². The highest BCUT2D eigenvalue weighted by Gasteiger charge is 2.29. The summed E-state index contributed by atoms with van der Waals surface area (Å²) in [6.07, 6.45) is 3.05. The first kappa shape index (κ1) is 26.5. The predicted octanol–water partition coefficient (Wildman–Crippen LogP) is 5.85. The number of carbonyl (C=O) groups excluding carboxylic acids is 1. The van der Waals surface area contributed by atoms with E-state index in [2.05, 4.69) is 21.4 Å². The second-order valence-corrected chi connectivity index (χ2v) is 9.77. The molecule has 1 fully saturated rings. The molecule has 1 aromatic heterocycles. The van der Waals surface area contributed by atoms with Gasteiger partial charge in [-0.2, -0.15) is 5.26 Å². The second kappa shape index (κ2) is 11.7. The first-order valence-electron chi connectivity index (χ1n) is 12.1. The van der Waals surface area contributed by atoms with Crippen molar-refractivity contribution in [3.63, 3.8) is 0 Å². The second-order valence-electron chi connectivity index (χ2n) is 8.92. The Balaban J connectivity index is 1.58. The molecule has 1 saturated heterocycles. The molecule has 0 amide bonds. The molecule has 0 bridgehead atoms. The third-order valence-corrected chi connectivity index (χ3v) is 7.02. The van der Waals surface area contributed by atoms with Crippen molar-refractivity contribution in [2.75, 3.05) is 35.6 Å². The number of aromatic nitrogens is 2. The molecule has 2 unspecified atom stereocenters. The van der Waals surface area contributed by atoms with Gasteiger partial charge < -0.3 is 20.7 Å². The van der Waals surface area contributed by atoms with Gasteiger partial charge in [0.1, 0.15) is 12.0 Å². The van der Waals surface area contributed by atoms with Crippen LogP contribution in [-0.4, -0.2) is 35.6 Å². The van der Waals surface area contributed by atoms with Crippen molar-refractivity contribution < 1.29 is 9.53 Å². The summed E-state index contributed by atoms with van der Waals surface area (Å²) in [5.41, 5.74) is 9.95. The average molecular weight is 539 g/mol. The summed E-state index contributed by atoms with van der Waals surface area (Å²) in [6.45, 7) is 5.30. The number of esters is 1. The lowest BCUT2D eigenvalue weighted by Crippen LogP contribution is -2.40. The number of ether oxygens (including phenoxy) is 1. The van der Waals surface area contributed by atoms with Crippen LogP contribution in [0, 0.1) is 24.2 Å². The zero-order valence-corrected chi connectivity index (χ0v) is 22.2. The molecule has 4 rings (SSSR count). The maximum absolute atomic E-state index is 12.3. The average Bonchev–Trinajstić information content (AvgIpc) is 2.89. The predicted molar refractivity (Wildman–Crippen MR) is 146 cm³/mol. The molecule has 1 aliphatic heterocycles. The maximum Gasteiger partial charge on any atom is 0.310 e. The zero-order chi connectivity index (χ0) is 26.5. The van der Waals surface area contributed by atoms with Crippen molar-refractivity contribution in [3.05, 3.63) is 69.5 Å². The molecule has 3 N–H and O–H groups in total. The molecular formula is C27H28Cl2N6O2. The number of nitriles is 1. The number of hydrogen-bond acceptors (Lipinski definition) is 8. The van der Waals surface area contributed by atoms with Gasteiger partial charge >= 0.3 is 5.97 Å². The molecule has 0 aliphatic carbocycles. The summed E-state index contributed by atoms with van der Waals surface area (Å²) >= 11 is 12.7. The SMILES string of the molecule is CCOC(=O)C1CCCN(c2ncnc(Nc3cc(Cl)c(C(C#N)c4ccc(Cl)cc4)cc3C)c2N)C1. The number of anilines is 4. The van der Waals surface area contributed by atoms with Crippen molar-refractivity contribution in [3.8, 4) is 6.07 Å². The number of nitrogen functional groups attached to an aromatic ring is 1. The van der Waals surface area contributed by atoms with Gasteiger partial charge in [-0.3, -0.25) is 4.79 Å². The number of nitrogens with zero attached hydrogens (tertiary/aromatic N) is 4. The van der Waals surface area contributed by atoms with E-state index >= 15 is 0 Å². The number of hydrogen-bond donors (Lipinski definition) is 2. The summed E-state index contributed by atoms with van der Waals surface area (Å²) in [4.78, 5) is 23.0. The summed E-state index contributed by atoms with van der Waals surface area (Å²) in [5, 5.41) is 14.2. The number of halogens is 2. The monoisotopic (exact) mass is 538 g/mol. The Morgan fingerprint density at radius 2 is 2.05 bits per heavy atom. The van der Waals surface area contributed by atoms with Crippen molar-refractivity contribution in [1.82, 2.24) is 9.97 Å². The van der Waals surface area contributed by atoms with Crippen LogP contribution in [0.25, 0.3) is 0 Å². The minimum atomic E-state index is -0.542. The molecule has 37 heavy (non-hydrogen) atoms. The maximum atomic E-state index is 12.3. The molecule has 8 nitrogen and oxygen atoms in total. The van der Waals surface area contributed by atoms with E-state index in [1.165, 1.54) is 6.33 Å². The highest BCUT2D eigenvalue weighted by atomic mass is 35.5. The molecule has 1 aliphatic rings. The van der Waals surface area contributed by atoms with Crippen LogP contribution in [0.1, 0.15) is 42.4 Å². The first-order valence-corrected chi connectivity index (χ1v) is 12.8. The Bertz CT molecular complexity index is 1330. The molecule has 0 saturated carbocycles. The molecule has 10 heteroatoms. The van der Waals surface area contributed by atoms with Gasteiger partial charge in [-0.1, -0.05) is 41.4 Å². The Hall–Kier alpha value is -3.54. The van der Waals surface area contributed by atoms with Crippen LogP contribution in [0.15, 0.2) is 42.7 Å². The Morgan fingerprint density at radius 3 is 2.76 bits per heavy atom. The van der Waals surface area contributed by atoms with Crippen LogP contribution in [0.5, 0.6) is 0 Å². The van der Waals surface area contributed by atoms with Gasteiger partial charge in [0.2, 0.25) is 0 Å². The van der Waals surface area contributed by atoms with Crippen molar-refractivity contribution in [2.24, 2.45) is 5.92 Å². The molecule has 2 heterocycles. The first-order chi connectivity index (χ1) is 17.8. The fourth-order valence-corrected chi connectivity index (χ4v) is 4.92. The lowest BCUT2D eigenvalue weighted by atomic mass is 9.91. The van der Waals surface area contributed by atoms with Crippen LogP contribution >= 0.6 is 23.2 Å². The quantitative estimate of drug-likeness (QED) is 0.359. The summed E-state index contributed by atoms with van der Waals surface area (Å²) in [7, 11) is 0. The summed E-state index contributed by atoms with van der Waals surface area (Å²) in [6, 6.07) is 13.2. The van der Waals surface area contributed by atoms with Gasteiger partial charge in [0.05, 0.1) is 24.5 Å². The van der Waals surface area contributed by atoms with Crippen LogP contribution in [0.4, 0.5) is 23.0 Å². The lowest BCUT2D eigenvalue weighted by Gasteiger charge is -2.33. The fourth-order valence-electron chi connectivity index (χ4n) is 4.53. The van der Waals surface area contributed by atoms with E-state index in [4.69, 9.17) is 33.7 Å². The van der Waals surface area contributed by atoms with E-state index < -0.39 is 5.92 Å². The van der Waals surface area contributed by atoms with Crippen molar-refractivity contribution in [2.45, 2.75) is 32.6 Å². The van der Waals surface area contributed by atoms with Gasteiger partial charge in [-0.15, -0.1) is 0 Å². The molecule has 0 spiro atoms. The number of piperidine rings is 1. The van der Waals surface area contributed by atoms with Crippen LogP contribution in [0.3, 0.4) is 0 Å². The van der Waals surface area contributed by atoms with Crippen LogP contribution < -0.4 is 16.0 Å². The van der Waals surface area contributed by atoms with E-state index in [1.807, 2.05) is 30.0 Å². The minimum absolute atomic E-state index is 0.196. The van der Waals surface area contributed by atoms with Gasteiger partial charge in [0, 0.05) is 28.8 Å². The van der Waals surface area contributed by atoms with E-state index in [9.17, 15) is 10.1 Å². The molecule has 0 radical (unpaired) electrons. The zero-order valence-electron chi connectivity index (χ0n) is 20.7. The number of rotatable bonds is 7. The van der Waals surface area contributed by atoms with E-state index in [1.54, 1.807) is 25.1 Å². The number of carbonyl (C=O) groups is 1. The van der Waals surface area contributed by atoms with Crippen molar-refractivity contribution in [1.29, 1.82) is 5.26 Å². The third-order valence-electron chi connectivity index (χ3n) is 6.44. The highest BCUT2D eigenvalue weighted by Crippen LogP contribution is 2.37. The number of aryl methyl sites for hydroxylation is 1. The van der Waals surface area contributed by atoms with Crippen molar-refractivity contribution >= 4 is 52.2 Å². The lowest BCUT2D eigenvalue weighted by molar-refractivity contribution is -0.148. The Kier molecular flexibility index (Phi) is 8.37. The summed E-state index contributed by atoms with van der Waals surface area (Å²) < 4.78 is 5.21. The molecule has 2 aromatic carbocycles. The third kappa shape index (κ3) is 5.90. The fraction of sp³-hybridized carbons (Fsp3) is 0.333. The van der Waals surface area contributed by atoms with Crippen LogP contribution in [0.2, 0.25) is 10.0 Å². The van der Waals surface area contributed by atoms with Gasteiger partial charge in [0.25, 0.3) is 0 Å². The summed E-state index contributed by atoms with van der Waals surface area (Å²) in [5.74, 6) is 0.0446. The minimum Gasteiger partial charge on any atom is -0.466 e. The molecular weight excluding hydrogens is 511 g/mol. The van der Waals surface area contributed by atoms with E-state index in [0.717, 1.165) is 30.5 Å².